The molecule has 5 nitrogen and oxygen atoms in total. The van der Waals surface area contributed by atoms with Gasteiger partial charge in [-0.2, -0.15) is 4.80 Å². The zero-order valence-corrected chi connectivity index (χ0v) is 10.7. The quantitative estimate of drug-likeness (QED) is 0.851. The topological polar surface area (TPSA) is 52.8 Å². The number of ether oxygens (including phenoxy) is 1. The molecule has 1 atom stereocenters. The molecule has 2 heterocycles. The molecule has 0 saturated carbocycles. The Bertz CT molecular complexity index is 504. The number of nitrogens with zero attached hydrogens (tertiary/aromatic N) is 4. The van der Waals surface area contributed by atoms with Crippen molar-refractivity contribution in [3.63, 3.8) is 0 Å². The summed E-state index contributed by atoms with van der Waals surface area (Å²) in [7, 11) is 0. The van der Waals surface area contributed by atoms with E-state index < -0.39 is 0 Å². The lowest BCUT2D eigenvalue weighted by Gasteiger charge is -2.03. The average Bonchev–Trinajstić information content (AvgIpc) is 3.00. The van der Waals surface area contributed by atoms with Gasteiger partial charge in [-0.15, -0.1) is 10.2 Å². The van der Waals surface area contributed by atoms with Crippen molar-refractivity contribution in [1.82, 2.24) is 20.2 Å². The van der Waals surface area contributed by atoms with Gasteiger partial charge >= 0.3 is 0 Å². The van der Waals surface area contributed by atoms with Gasteiger partial charge in [0.05, 0.1) is 12.6 Å². The van der Waals surface area contributed by atoms with Crippen LogP contribution in [-0.2, 0) is 4.74 Å². The molecule has 1 fully saturated rings. The summed E-state index contributed by atoms with van der Waals surface area (Å²) in [4.78, 5) is 1.66. The summed E-state index contributed by atoms with van der Waals surface area (Å²) in [6.45, 7) is 1.45. The van der Waals surface area contributed by atoms with Crippen LogP contribution in [0.25, 0.3) is 11.4 Å². The van der Waals surface area contributed by atoms with Crippen molar-refractivity contribution in [2.45, 2.75) is 12.5 Å². The van der Waals surface area contributed by atoms with E-state index in [0.717, 1.165) is 23.1 Å². The molecule has 0 spiro atoms. The van der Waals surface area contributed by atoms with Crippen LogP contribution < -0.4 is 0 Å². The number of rotatable bonds is 2. The first-order valence-corrected chi connectivity index (χ1v) is 6.25. The summed E-state index contributed by atoms with van der Waals surface area (Å²) in [5, 5.41) is 12.5. The molecule has 1 aliphatic rings. The van der Waals surface area contributed by atoms with E-state index in [0.29, 0.717) is 12.4 Å². The molecular weight excluding hydrogens is 284 g/mol. The molecule has 1 aromatic carbocycles. The molecule has 1 aliphatic heterocycles. The first kappa shape index (κ1) is 10.9. The van der Waals surface area contributed by atoms with Crippen LogP contribution in [0.2, 0.25) is 0 Å². The van der Waals surface area contributed by atoms with Crippen LogP contribution >= 0.6 is 15.9 Å². The van der Waals surface area contributed by atoms with Gasteiger partial charge in [-0.3, -0.25) is 0 Å². The molecular formula is C11H11BrN4O. The Kier molecular flexibility index (Phi) is 2.90. The summed E-state index contributed by atoms with van der Waals surface area (Å²) < 4.78 is 6.35. The fraction of sp³-hybridized carbons (Fsp3) is 0.364. The normalized spacial score (nSPS) is 19.7. The second-order valence-corrected chi connectivity index (χ2v) is 4.87. The smallest absolute Gasteiger partial charge is 0.204 e. The number of hydrogen-bond acceptors (Lipinski definition) is 4. The first-order chi connectivity index (χ1) is 8.33. The zero-order chi connectivity index (χ0) is 11.7. The summed E-state index contributed by atoms with van der Waals surface area (Å²) in [6.07, 6.45) is 0.955. The molecule has 0 aliphatic carbocycles. The van der Waals surface area contributed by atoms with Crippen LogP contribution in [0.4, 0.5) is 0 Å². The highest BCUT2D eigenvalue weighted by Crippen LogP contribution is 2.20. The fourth-order valence-corrected chi connectivity index (χ4v) is 2.06. The van der Waals surface area contributed by atoms with Crippen molar-refractivity contribution in [1.29, 1.82) is 0 Å². The van der Waals surface area contributed by atoms with Gasteiger partial charge in [-0.25, -0.2) is 0 Å². The molecule has 2 aromatic rings. The standard InChI is InChI=1S/C11H11BrN4O/c12-9-3-1-8(2-4-9)11-13-15-16(14-11)10-5-6-17-7-10/h1-4,10H,5-7H2/t10-/m1/s1. The van der Waals surface area contributed by atoms with Crippen LogP contribution in [-0.4, -0.2) is 33.4 Å². The second-order valence-electron chi connectivity index (χ2n) is 3.96. The summed E-state index contributed by atoms with van der Waals surface area (Å²) in [5.74, 6) is 0.657. The van der Waals surface area contributed by atoms with Crippen LogP contribution in [0.1, 0.15) is 12.5 Å². The molecule has 0 unspecified atom stereocenters. The number of benzene rings is 1. The van der Waals surface area contributed by atoms with Crippen LogP contribution in [0, 0.1) is 0 Å². The first-order valence-electron chi connectivity index (χ1n) is 5.46. The highest BCUT2D eigenvalue weighted by Gasteiger charge is 2.20. The predicted molar refractivity (Wildman–Crippen MR) is 65.4 cm³/mol. The van der Waals surface area contributed by atoms with E-state index >= 15 is 0 Å². The Morgan fingerprint density at radius 2 is 2.12 bits per heavy atom. The van der Waals surface area contributed by atoms with Crippen LogP contribution in [0.15, 0.2) is 28.7 Å². The maximum absolute atomic E-state index is 5.31. The number of tetrazole rings is 1. The number of hydrogen-bond donors (Lipinski definition) is 0. The maximum atomic E-state index is 5.31. The van der Waals surface area contributed by atoms with E-state index in [-0.39, 0.29) is 6.04 Å². The van der Waals surface area contributed by atoms with E-state index in [1.54, 1.807) is 4.80 Å². The molecule has 0 amide bonds. The Hall–Kier alpha value is -1.27. The molecule has 0 bridgehead atoms. The third-order valence-electron chi connectivity index (χ3n) is 2.76. The third-order valence-corrected chi connectivity index (χ3v) is 3.29. The Balaban J connectivity index is 1.86. The highest BCUT2D eigenvalue weighted by atomic mass is 79.9. The van der Waals surface area contributed by atoms with Gasteiger partial charge in [-0.05, 0) is 35.9 Å². The van der Waals surface area contributed by atoms with Crippen molar-refractivity contribution >= 4 is 15.9 Å². The highest BCUT2D eigenvalue weighted by molar-refractivity contribution is 9.10. The van der Waals surface area contributed by atoms with Crippen LogP contribution in [0.5, 0.6) is 0 Å². The minimum atomic E-state index is 0.228. The van der Waals surface area contributed by atoms with Gasteiger partial charge in [0.1, 0.15) is 0 Å². The minimum absolute atomic E-state index is 0.228. The van der Waals surface area contributed by atoms with Crippen molar-refractivity contribution in [3.05, 3.63) is 28.7 Å². The second kappa shape index (κ2) is 4.54. The summed E-state index contributed by atoms with van der Waals surface area (Å²) in [5.41, 5.74) is 0.971. The Labute approximate surface area is 107 Å². The lowest BCUT2D eigenvalue weighted by atomic mass is 10.2. The molecule has 1 saturated heterocycles. The number of halogens is 1. The molecule has 0 N–H and O–H groups in total. The molecule has 17 heavy (non-hydrogen) atoms. The van der Waals surface area contributed by atoms with E-state index in [2.05, 4.69) is 31.3 Å². The van der Waals surface area contributed by atoms with Gasteiger partial charge in [0, 0.05) is 16.6 Å². The average molecular weight is 295 g/mol. The largest absolute Gasteiger partial charge is 0.379 e. The number of aromatic nitrogens is 4. The van der Waals surface area contributed by atoms with Gasteiger partial charge < -0.3 is 4.74 Å². The van der Waals surface area contributed by atoms with Crippen LogP contribution in [0.3, 0.4) is 0 Å². The van der Waals surface area contributed by atoms with E-state index in [4.69, 9.17) is 4.74 Å². The molecule has 88 valence electrons. The van der Waals surface area contributed by atoms with Gasteiger partial charge in [0.25, 0.3) is 0 Å². The van der Waals surface area contributed by atoms with Crippen molar-refractivity contribution in [2.24, 2.45) is 0 Å². The van der Waals surface area contributed by atoms with Crippen molar-refractivity contribution < 1.29 is 4.74 Å². The maximum Gasteiger partial charge on any atom is 0.204 e. The SMILES string of the molecule is Brc1ccc(-c2nnn([C@@H]3CCOC3)n2)cc1. The van der Waals surface area contributed by atoms with Crippen molar-refractivity contribution in [2.75, 3.05) is 13.2 Å². The molecule has 6 heteroatoms. The predicted octanol–water partition coefficient (Wildman–Crippen LogP) is 2.06. The molecule has 1 aromatic heterocycles. The van der Waals surface area contributed by atoms with Crippen molar-refractivity contribution in [3.8, 4) is 11.4 Å². The van der Waals surface area contributed by atoms with Gasteiger partial charge in [0.2, 0.25) is 5.82 Å². The zero-order valence-electron chi connectivity index (χ0n) is 9.08. The van der Waals surface area contributed by atoms with Gasteiger partial charge in [0.15, 0.2) is 0 Å². The van der Waals surface area contributed by atoms with E-state index in [1.807, 2.05) is 24.3 Å². The fourth-order valence-electron chi connectivity index (χ4n) is 1.80. The monoisotopic (exact) mass is 294 g/mol. The lowest BCUT2D eigenvalue weighted by molar-refractivity contribution is 0.181. The van der Waals surface area contributed by atoms with E-state index in [1.165, 1.54) is 0 Å². The summed E-state index contributed by atoms with van der Waals surface area (Å²) >= 11 is 3.40. The lowest BCUT2D eigenvalue weighted by Crippen LogP contribution is -2.12. The van der Waals surface area contributed by atoms with E-state index in [9.17, 15) is 0 Å². The van der Waals surface area contributed by atoms with Gasteiger partial charge in [-0.1, -0.05) is 15.9 Å². The minimum Gasteiger partial charge on any atom is -0.379 e. The summed E-state index contributed by atoms with van der Waals surface area (Å²) in [6, 6.07) is 8.10. The molecule has 3 rings (SSSR count). The Morgan fingerprint density at radius 3 is 2.82 bits per heavy atom. The molecule has 0 radical (unpaired) electrons. The Morgan fingerprint density at radius 1 is 1.29 bits per heavy atom. The third kappa shape index (κ3) is 2.23.